The molecule has 0 aromatic heterocycles. The molecule has 1 aliphatic carbocycles. The highest BCUT2D eigenvalue weighted by Crippen LogP contribution is 2.34. The summed E-state index contributed by atoms with van der Waals surface area (Å²) in [7, 11) is 0. The second-order valence-electron chi connectivity index (χ2n) is 4.41. The fourth-order valence-electron chi connectivity index (χ4n) is 2.13. The van der Waals surface area contributed by atoms with E-state index in [1.54, 1.807) is 6.92 Å². The van der Waals surface area contributed by atoms with Crippen LogP contribution in [-0.2, 0) is 0 Å². The highest BCUT2D eigenvalue weighted by Gasteiger charge is 2.39. The van der Waals surface area contributed by atoms with Crippen LogP contribution in [0.25, 0.3) is 0 Å². The number of nitrogens with zero attached hydrogens (tertiary/aromatic N) is 3. The standard InChI is InChI=1S/C10H18ClN3O2/c1-3-13(11)9(15)14(12-16)10(2)7-5-4-6-8-10/h3-8H2,1-2H3. The van der Waals surface area contributed by atoms with Crippen LogP contribution in [0, 0.1) is 4.91 Å². The second kappa shape index (κ2) is 5.48. The molecule has 1 rings (SSSR count). The molecule has 0 aromatic carbocycles. The number of urea groups is 1. The Kier molecular flexibility index (Phi) is 4.53. The van der Waals surface area contributed by atoms with Crippen molar-refractivity contribution < 1.29 is 4.79 Å². The third kappa shape index (κ3) is 2.64. The molecule has 0 saturated heterocycles. The van der Waals surface area contributed by atoms with E-state index < -0.39 is 11.6 Å². The molecule has 1 saturated carbocycles. The number of carbonyl (C=O) groups excluding carboxylic acids is 1. The fraction of sp³-hybridized carbons (Fsp3) is 0.900. The van der Waals surface area contributed by atoms with Gasteiger partial charge >= 0.3 is 6.03 Å². The SMILES string of the molecule is CCN(Cl)C(=O)N(N=O)C1(C)CCCCC1. The first-order valence-electron chi connectivity index (χ1n) is 5.66. The monoisotopic (exact) mass is 247 g/mol. The number of halogens is 1. The first kappa shape index (κ1) is 13.2. The minimum absolute atomic E-state index is 0.350. The summed E-state index contributed by atoms with van der Waals surface area (Å²) in [6.45, 7) is 3.99. The lowest BCUT2D eigenvalue weighted by Crippen LogP contribution is -2.50. The van der Waals surface area contributed by atoms with Crippen LogP contribution in [0.4, 0.5) is 4.79 Å². The first-order valence-corrected chi connectivity index (χ1v) is 6.00. The van der Waals surface area contributed by atoms with Gasteiger partial charge in [-0.2, -0.15) is 5.01 Å². The summed E-state index contributed by atoms with van der Waals surface area (Å²) in [5.41, 5.74) is -0.473. The molecule has 1 fully saturated rings. The van der Waals surface area contributed by atoms with E-state index >= 15 is 0 Å². The van der Waals surface area contributed by atoms with Crippen molar-refractivity contribution in [1.29, 1.82) is 0 Å². The lowest BCUT2D eigenvalue weighted by atomic mass is 9.83. The zero-order valence-electron chi connectivity index (χ0n) is 9.78. The molecule has 0 unspecified atom stereocenters. The maximum absolute atomic E-state index is 11.8. The van der Waals surface area contributed by atoms with Crippen LogP contribution in [0.3, 0.4) is 0 Å². The third-order valence-corrected chi connectivity index (χ3v) is 3.57. The van der Waals surface area contributed by atoms with Gasteiger partial charge in [0.25, 0.3) is 0 Å². The highest BCUT2D eigenvalue weighted by molar-refractivity contribution is 6.20. The summed E-state index contributed by atoms with van der Waals surface area (Å²) < 4.78 is 0.987. The molecule has 0 heterocycles. The molecule has 6 heteroatoms. The largest absolute Gasteiger partial charge is 0.358 e. The molecule has 2 amide bonds. The summed E-state index contributed by atoms with van der Waals surface area (Å²) in [6.07, 6.45) is 4.79. The number of hydrogen-bond donors (Lipinski definition) is 0. The molecule has 0 aliphatic heterocycles. The Balaban J connectivity index is 2.79. The molecule has 0 bridgehead atoms. The Morgan fingerprint density at radius 1 is 1.38 bits per heavy atom. The van der Waals surface area contributed by atoms with Gasteiger partial charge in [-0.1, -0.05) is 19.3 Å². The van der Waals surface area contributed by atoms with Gasteiger partial charge in [-0.25, -0.2) is 9.21 Å². The lowest BCUT2D eigenvalue weighted by molar-refractivity contribution is 0.0825. The van der Waals surface area contributed by atoms with Gasteiger partial charge in [-0.05, 0) is 26.7 Å². The van der Waals surface area contributed by atoms with E-state index in [1.807, 2.05) is 6.92 Å². The van der Waals surface area contributed by atoms with Crippen molar-refractivity contribution in [2.75, 3.05) is 6.54 Å². The predicted octanol–water partition coefficient (Wildman–Crippen LogP) is 3.29. The first-order chi connectivity index (χ1) is 7.55. The van der Waals surface area contributed by atoms with E-state index in [-0.39, 0.29) is 0 Å². The van der Waals surface area contributed by atoms with Crippen LogP contribution < -0.4 is 0 Å². The zero-order valence-corrected chi connectivity index (χ0v) is 10.5. The molecule has 1 aliphatic rings. The van der Waals surface area contributed by atoms with Gasteiger partial charge in [-0.3, -0.25) is 0 Å². The predicted molar refractivity (Wildman–Crippen MR) is 62.8 cm³/mol. The number of rotatable bonds is 3. The molecular formula is C10H18ClN3O2. The molecule has 0 spiro atoms. The number of carbonyl (C=O) groups is 1. The minimum atomic E-state index is -0.524. The van der Waals surface area contributed by atoms with Gasteiger partial charge in [-0.15, -0.1) is 4.91 Å². The normalized spacial score (nSPS) is 18.9. The summed E-state index contributed by atoms with van der Waals surface area (Å²) in [6, 6.07) is -0.524. The van der Waals surface area contributed by atoms with Crippen LogP contribution >= 0.6 is 11.8 Å². The molecule has 0 aromatic rings. The summed E-state index contributed by atoms with van der Waals surface area (Å²) in [5.74, 6) is 0. The van der Waals surface area contributed by atoms with Crippen molar-refractivity contribution in [2.24, 2.45) is 5.29 Å². The molecular weight excluding hydrogens is 230 g/mol. The summed E-state index contributed by atoms with van der Waals surface area (Å²) >= 11 is 5.71. The molecule has 0 atom stereocenters. The quantitative estimate of drug-likeness (QED) is 0.437. The fourth-order valence-corrected chi connectivity index (χ4v) is 2.20. The van der Waals surface area contributed by atoms with Gasteiger partial charge in [0.1, 0.15) is 0 Å². The third-order valence-electron chi connectivity index (χ3n) is 3.19. The van der Waals surface area contributed by atoms with E-state index in [0.717, 1.165) is 41.5 Å². The summed E-state index contributed by atoms with van der Waals surface area (Å²) in [5, 5.41) is 3.86. The molecule has 16 heavy (non-hydrogen) atoms. The number of amides is 2. The van der Waals surface area contributed by atoms with Crippen molar-refractivity contribution in [3.8, 4) is 0 Å². The number of nitroso groups, excluding NO2 is 1. The van der Waals surface area contributed by atoms with Crippen molar-refractivity contribution in [1.82, 2.24) is 9.43 Å². The molecule has 5 nitrogen and oxygen atoms in total. The van der Waals surface area contributed by atoms with E-state index in [1.165, 1.54) is 0 Å². The lowest BCUT2D eigenvalue weighted by Gasteiger charge is -2.39. The van der Waals surface area contributed by atoms with E-state index in [0.29, 0.717) is 6.54 Å². The van der Waals surface area contributed by atoms with Gasteiger partial charge in [0.05, 0.1) is 10.8 Å². The average molecular weight is 248 g/mol. The van der Waals surface area contributed by atoms with Gasteiger partial charge < -0.3 is 0 Å². The maximum atomic E-state index is 11.8. The van der Waals surface area contributed by atoms with E-state index in [4.69, 9.17) is 11.8 Å². The molecule has 0 radical (unpaired) electrons. The van der Waals surface area contributed by atoms with Gasteiger partial charge in [0, 0.05) is 18.3 Å². The van der Waals surface area contributed by atoms with Crippen molar-refractivity contribution in [3.63, 3.8) is 0 Å². The number of hydrogen-bond acceptors (Lipinski definition) is 3. The van der Waals surface area contributed by atoms with Gasteiger partial charge in [0.2, 0.25) is 0 Å². The van der Waals surface area contributed by atoms with Crippen LogP contribution in [0.15, 0.2) is 5.29 Å². The van der Waals surface area contributed by atoms with E-state index in [2.05, 4.69) is 5.29 Å². The molecule has 0 N–H and O–H groups in total. The Labute approximate surface area is 101 Å². The molecule has 92 valence electrons. The Hall–Kier alpha value is -0.840. The Morgan fingerprint density at radius 2 is 1.94 bits per heavy atom. The van der Waals surface area contributed by atoms with Crippen LogP contribution in [-0.4, -0.2) is 27.5 Å². The van der Waals surface area contributed by atoms with Crippen molar-refractivity contribution in [3.05, 3.63) is 4.91 Å². The van der Waals surface area contributed by atoms with Crippen LogP contribution in [0.2, 0.25) is 0 Å². The van der Waals surface area contributed by atoms with Crippen molar-refractivity contribution in [2.45, 2.75) is 51.5 Å². The summed E-state index contributed by atoms with van der Waals surface area (Å²) in [4.78, 5) is 22.7. The zero-order chi connectivity index (χ0) is 12.2. The second-order valence-corrected chi connectivity index (χ2v) is 4.82. The smallest absolute Gasteiger partial charge is 0.245 e. The van der Waals surface area contributed by atoms with E-state index in [9.17, 15) is 9.70 Å². The van der Waals surface area contributed by atoms with Crippen LogP contribution in [0.5, 0.6) is 0 Å². The topological polar surface area (TPSA) is 53.0 Å². The van der Waals surface area contributed by atoms with Crippen LogP contribution in [0.1, 0.15) is 46.0 Å². The highest BCUT2D eigenvalue weighted by atomic mass is 35.5. The Morgan fingerprint density at radius 3 is 2.38 bits per heavy atom. The van der Waals surface area contributed by atoms with Crippen molar-refractivity contribution >= 4 is 17.8 Å². The minimum Gasteiger partial charge on any atom is -0.245 e. The van der Waals surface area contributed by atoms with Gasteiger partial charge in [0.15, 0.2) is 0 Å². The Bertz CT molecular complexity index is 267. The maximum Gasteiger partial charge on any atom is 0.358 e. The average Bonchev–Trinajstić information content (AvgIpc) is 2.29.